The fourth-order valence-corrected chi connectivity index (χ4v) is 2.57. The summed E-state index contributed by atoms with van der Waals surface area (Å²) in [4.78, 5) is 12.2. The first-order valence-corrected chi connectivity index (χ1v) is 6.94. The highest BCUT2D eigenvalue weighted by Crippen LogP contribution is 2.24. The van der Waals surface area contributed by atoms with Crippen LogP contribution in [0, 0.1) is 0 Å². The summed E-state index contributed by atoms with van der Waals surface area (Å²) in [5.41, 5.74) is 2.38. The Morgan fingerprint density at radius 2 is 2.20 bits per heavy atom. The van der Waals surface area contributed by atoms with Crippen LogP contribution < -0.4 is 10.6 Å². The van der Waals surface area contributed by atoms with Gasteiger partial charge in [0.1, 0.15) is 0 Å². The molecule has 104 valence electrons. The topological polar surface area (TPSA) is 69.8 Å². The molecular formula is C13H12Cl2N4O. The summed E-state index contributed by atoms with van der Waals surface area (Å²) >= 11 is 11.9. The van der Waals surface area contributed by atoms with Crippen molar-refractivity contribution in [1.29, 1.82) is 0 Å². The third-order valence-corrected chi connectivity index (χ3v) is 3.78. The Balaban J connectivity index is 1.86. The van der Waals surface area contributed by atoms with Gasteiger partial charge >= 0.3 is 0 Å². The van der Waals surface area contributed by atoms with Gasteiger partial charge < -0.3 is 10.6 Å². The van der Waals surface area contributed by atoms with Gasteiger partial charge in [-0.3, -0.25) is 9.89 Å². The Labute approximate surface area is 125 Å². The maximum absolute atomic E-state index is 12.2. The molecule has 0 atom stereocenters. The monoisotopic (exact) mass is 310 g/mol. The van der Waals surface area contributed by atoms with Crippen LogP contribution in [-0.4, -0.2) is 22.6 Å². The SMILES string of the molecule is O=C(Nc1n[nH]c2c1CCNC2)c1cc(Cl)ccc1Cl. The molecule has 0 fully saturated rings. The van der Waals surface area contributed by atoms with Crippen molar-refractivity contribution in [2.75, 3.05) is 11.9 Å². The van der Waals surface area contributed by atoms with E-state index >= 15 is 0 Å². The minimum Gasteiger partial charge on any atom is -0.311 e. The fraction of sp³-hybridized carbons (Fsp3) is 0.231. The van der Waals surface area contributed by atoms with Gasteiger partial charge in [0, 0.05) is 17.1 Å². The molecule has 0 unspecified atom stereocenters. The lowest BCUT2D eigenvalue weighted by Gasteiger charge is -2.13. The number of nitrogens with one attached hydrogen (secondary N) is 3. The van der Waals surface area contributed by atoms with Crippen molar-refractivity contribution in [1.82, 2.24) is 15.5 Å². The molecule has 1 amide bonds. The van der Waals surface area contributed by atoms with Crippen molar-refractivity contribution in [2.24, 2.45) is 0 Å². The zero-order valence-corrected chi connectivity index (χ0v) is 12.0. The summed E-state index contributed by atoms with van der Waals surface area (Å²) in [6, 6.07) is 4.78. The van der Waals surface area contributed by atoms with Gasteiger partial charge in [-0.1, -0.05) is 23.2 Å². The quantitative estimate of drug-likeness (QED) is 0.798. The maximum Gasteiger partial charge on any atom is 0.258 e. The summed E-state index contributed by atoms with van der Waals surface area (Å²) in [5.74, 6) is 0.243. The van der Waals surface area contributed by atoms with Crippen LogP contribution in [0.2, 0.25) is 10.0 Å². The Kier molecular flexibility index (Phi) is 3.65. The van der Waals surface area contributed by atoms with Gasteiger partial charge in [0.15, 0.2) is 5.82 Å². The number of nitrogens with zero attached hydrogens (tertiary/aromatic N) is 1. The van der Waals surface area contributed by atoms with Gasteiger partial charge in [0.05, 0.1) is 16.3 Å². The number of hydrogen-bond donors (Lipinski definition) is 3. The first kappa shape index (κ1) is 13.4. The molecule has 0 aliphatic carbocycles. The number of rotatable bonds is 2. The number of benzene rings is 1. The van der Waals surface area contributed by atoms with Crippen LogP contribution in [0.25, 0.3) is 0 Å². The average molecular weight is 311 g/mol. The van der Waals surface area contributed by atoms with E-state index in [1.165, 1.54) is 0 Å². The van der Waals surface area contributed by atoms with Crippen molar-refractivity contribution in [3.8, 4) is 0 Å². The molecule has 3 rings (SSSR count). The summed E-state index contributed by atoms with van der Waals surface area (Å²) in [6.45, 7) is 1.60. The van der Waals surface area contributed by atoms with Gasteiger partial charge in [-0.2, -0.15) is 5.10 Å². The molecule has 20 heavy (non-hydrogen) atoms. The van der Waals surface area contributed by atoms with E-state index in [4.69, 9.17) is 23.2 Å². The third-order valence-electron chi connectivity index (χ3n) is 3.21. The molecule has 3 N–H and O–H groups in total. The molecule has 2 heterocycles. The Bertz CT molecular complexity index is 668. The summed E-state index contributed by atoms with van der Waals surface area (Å²) < 4.78 is 0. The van der Waals surface area contributed by atoms with Gasteiger partial charge in [-0.15, -0.1) is 0 Å². The van der Waals surface area contributed by atoms with Crippen molar-refractivity contribution in [2.45, 2.75) is 13.0 Å². The molecule has 2 aromatic rings. The summed E-state index contributed by atoms with van der Waals surface area (Å²) in [6.07, 6.45) is 0.824. The number of carbonyl (C=O) groups is 1. The smallest absolute Gasteiger partial charge is 0.258 e. The molecule has 1 aromatic carbocycles. The zero-order chi connectivity index (χ0) is 14.1. The molecule has 0 saturated heterocycles. The van der Waals surface area contributed by atoms with E-state index < -0.39 is 0 Å². The minimum absolute atomic E-state index is 0.315. The number of carbonyl (C=O) groups excluding carboxylic acids is 1. The Morgan fingerprint density at radius 3 is 3.05 bits per heavy atom. The molecular weight excluding hydrogens is 299 g/mol. The highest BCUT2D eigenvalue weighted by Gasteiger charge is 2.19. The number of halogens is 2. The van der Waals surface area contributed by atoms with Crippen molar-refractivity contribution in [3.05, 3.63) is 45.1 Å². The van der Waals surface area contributed by atoms with Crippen LogP contribution in [0.3, 0.4) is 0 Å². The Morgan fingerprint density at radius 1 is 1.35 bits per heavy atom. The van der Waals surface area contributed by atoms with Crippen LogP contribution in [0.1, 0.15) is 21.6 Å². The Hall–Kier alpha value is -1.56. The van der Waals surface area contributed by atoms with Gasteiger partial charge in [0.25, 0.3) is 5.91 Å². The molecule has 0 saturated carbocycles. The molecule has 1 aromatic heterocycles. The van der Waals surface area contributed by atoms with E-state index in [1.807, 2.05) is 0 Å². The van der Waals surface area contributed by atoms with Crippen LogP contribution >= 0.6 is 23.2 Å². The normalized spacial score (nSPS) is 13.9. The summed E-state index contributed by atoms with van der Waals surface area (Å²) in [7, 11) is 0. The molecule has 0 bridgehead atoms. The minimum atomic E-state index is -0.315. The molecule has 1 aliphatic heterocycles. The molecule has 0 spiro atoms. The van der Waals surface area contributed by atoms with Gasteiger partial charge in [0.2, 0.25) is 0 Å². The highest BCUT2D eigenvalue weighted by atomic mass is 35.5. The van der Waals surface area contributed by atoms with Crippen LogP contribution in [0.5, 0.6) is 0 Å². The number of amides is 1. The predicted molar refractivity (Wildman–Crippen MR) is 78.4 cm³/mol. The van der Waals surface area contributed by atoms with Crippen LogP contribution in [-0.2, 0) is 13.0 Å². The van der Waals surface area contributed by atoms with E-state index in [9.17, 15) is 4.79 Å². The second kappa shape index (κ2) is 5.44. The molecule has 0 radical (unpaired) electrons. The number of hydrogen-bond acceptors (Lipinski definition) is 3. The van der Waals surface area contributed by atoms with E-state index in [0.717, 1.165) is 30.8 Å². The van der Waals surface area contributed by atoms with Gasteiger partial charge in [-0.05, 0) is 31.2 Å². The van der Waals surface area contributed by atoms with Crippen molar-refractivity contribution in [3.63, 3.8) is 0 Å². The van der Waals surface area contributed by atoms with E-state index in [2.05, 4.69) is 20.8 Å². The van der Waals surface area contributed by atoms with Crippen LogP contribution in [0.4, 0.5) is 5.82 Å². The largest absolute Gasteiger partial charge is 0.311 e. The fourth-order valence-electron chi connectivity index (χ4n) is 2.19. The second-order valence-corrected chi connectivity index (χ2v) is 5.38. The zero-order valence-electron chi connectivity index (χ0n) is 10.5. The first-order chi connectivity index (χ1) is 9.65. The number of H-pyrrole nitrogens is 1. The lowest BCUT2D eigenvalue weighted by atomic mass is 10.1. The standard InChI is InChI=1S/C13H12Cl2N4O/c14-7-1-2-10(15)9(5-7)13(20)17-12-8-3-4-16-6-11(8)18-19-12/h1-2,5,16H,3-4,6H2,(H2,17,18,19,20). The predicted octanol–water partition coefficient (Wildman–Crippen LogP) is 2.61. The summed E-state index contributed by atoms with van der Waals surface area (Å²) in [5, 5.41) is 13.9. The molecule has 5 nitrogen and oxygen atoms in total. The third kappa shape index (κ3) is 2.52. The lowest BCUT2D eigenvalue weighted by molar-refractivity contribution is 0.102. The van der Waals surface area contributed by atoms with E-state index in [-0.39, 0.29) is 5.91 Å². The van der Waals surface area contributed by atoms with Crippen molar-refractivity contribution < 1.29 is 4.79 Å². The van der Waals surface area contributed by atoms with Crippen LogP contribution in [0.15, 0.2) is 18.2 Å². The molecule has 7 heteroatoms. The number of anilines is 1. The molecule has 1 aliphatic rings. The number of aromatic amines is 1. The second-order valence-electron chi connectivity index (χ2n) is 4.53. The highest BCUT2D eigenvalue weighted by molar-refractivity contribution is 6.36. The van der Waals surface area contributed by atoms with Crippen molar-refractivity contribution >= 4 is 34.9 Å². The first-order valence-electron chi connectivity index (χ1n) is 6.18. The van der Waals surface area contributed by atoms with E-state index in [1.54, 1.807) is 18.2 Å². The maximum atomic E-state index is 12.2. The lowest BCUT2D eigenvalue weighted by Crippen LogP contribution is -2.24. The average Bonchev–Trinajstić information content (AvgIpc) is 2.85. The van der Waals surface area contributed by atoms with E-state index in [0.29, 0.717) is 21.4 Å². The number of fused-ring (bicyclic) bond motifs is 1. The van der Waals surface area contributed by atoms with Gasteiger partial charge in [-0.25, -0.2) is 0 Å². The number of aromatic nitrogens is 2.